The SMILES string of the molecule is CC(C)(C)OC(=O)Nc1cccnc1C=O. The Balaban J connectivity index is 2.73. The Morgan fingerprint density at radius 1 is 1.50 bits per heavy atom. The molecule has 0 aliphatic carbocycles. The third-order valence-electron chi connectivity index (χ3n) is 1.59. The van der Waals surface area contributed by atoms with Gasteiger partial charge < -0.3 is 4.74 Å². The van der Waals surface area contributed by atoms with Crippen LogP contribution in [0.15, 0.2) is 18.3 Å². The summed E-state index contributed by atoms with van der Waals surface area (Å²) in [6, 6.07) is 3.21. The number of nitrogens with zero attached hydrogens (tertiary/aromatic N) is 1. The molecule has 0 fully saturated rings. The van der Waals surface area contributed by atoms with E-state index in [4.69, 9.17) is 4.74 Å². The van der Waals surface area contributed by atoms with Crippen LogP contribution in [-0.4, -0.2) is 23.0 Å². The number of carbonyl (C=O) groups is 2. The molecule has 0 aliphatic rings. The molecule has 0 atom stereocenters. The van der Waals surface area contributed by atoms with Crippen LogP contribution in [0.3, 0.4) is 0 Å². The van der Waals surface area contributed by atoms with E-state index in [0.717, 1.165) is 0 Å². The smallest absolute Gasteiger partial charge is 0.412 e. The first-order valence-corrected chi connectivity index (χ1v) is 4.82. The van der Waals surface area contributed by atoms with E-state index >= 15 is 0 Å². The Hall–Kier alpha value is -1.91. The van der Waals surface area contributed by atoms with Gasteiger partial charge in [0.25, 0.3) is 0 Å². The zero-order chi connectivity index (χ0) is 12.2. The molecule has 16 heavy (non-hydrogen) atoms. The molecule has 5 nitrogen and oxygen atoms in total. The van der Waals surface area contributed by atoms with Crippen molar-refractivity contribution in [2.24, 2.45) is 0 Å². The second-order valence-corrected chi connectivity index (χ2v) is 4.18. The van der Waals surface area contributed by atoms with E-state index < -0.39 is 11.7 Å². The van der Waals surface area contributed by atoms with Crippen LogP contribution in [0.2, 0.25) is 0 Å². The van der Waals surface area contributed by atoms with E-state index in [1.165, 1.54) is 6.20 Å². The molecule has 0 bridgehead atoms. The molecule has 86 valence electrons. The van der Waals surface area contributed by atoms with Crippen LogP contribution in [-0.2, 0) is 4.74 Å². The molecule has 0 saturated carbocycles. The van der Waals surface area contributed by atoms with Gasteiger partial charge in [-0.15, -0.1) is 0 Å². The number of amides is 1. The van der Waals surface area contributed by atoms with Crippen LogP contribution >= 0.6 is 0 Å². The lowest BCUT2D eigenvalue weighted by molar-refractivity contribution is 0.0636. The maximum atomic E-state index is 11.4. The van der Waals surface area contributed by atoms with Gasteiger partial charge in [0, 0.05) is 6.20 Å². The minimum absolute atomic E-state index is 0.174. The van der Waals surface area contributed by atoms with Crippen LogP contribution in [0.4, 0.5) is 10.5 Å². The highest BCUT2D eigenvalue weighted by molar-refractivity contribution is 5.91. The largest absolute Gasteiger partial charge is 0.444 e. The molecule has 0 aliphatic heterocycles. The topological polar surface area (TPSA) is 68.3 Å². The number of anilines is 1. The fourth-order valence-electron chi connectivity index (χ4n) is 1.03. The predicted octanol–water partition coefficient (Wildman–Crippen LogP) is 2.24. The lowest BCUT2D eigenvalue weighted by Crippen LogP contribution is -2.27. The fraction of sp³-hybridized carbons (Fsp3) is 0.364. The number of nitrogens with one attached hydrogen (secondary N) is 1. The molecule has 5 heteroatoms. The zero-order valence-electron chi connectivity index (χ0n) is 9.48. The predicted molar refractivity (Wildman–Crippen MR) is 59.5 cm³/mol. The standard InChI is InChI=1S/C11H14N2O3/c1-11(2,3)16-10(15)13-8-5-4-6-12-9(8)7-14/h4-7H,1-3H3,(H,13,15). The third-order valence-corrected chi connectivity index (χ3v) is 1.59. The van der Waals surface area contributed by atoms with E-state index in [1.807, 2.05) is 0 Å². The van der Waals surface area contributed by atoms with Crippen molar-refractivity contribution in [2.75, 3.05) is 5.32 Å². The van der Waals surface area contributed by atoms with Crippen molar-refractivity contribution >= 4 is 18.1 Å². The van der Waals surface area contributed by atoms with Gasteiger partial charge in [0.15, 0.2) is 6.29 Å². The van der Waals surface area contributed by atoms with E-state index in [9.17, 15) is 9.59 Å². The molecule has 0 saturated heterocycles. The summed E-state index contributed by atoms with van der Waals surface area (Å²) in [6.07, 6.45) is 1.44. The first-order chi connectivity index (χ1) is 7.42. The van der Waals surface area contributed by atoms with Crippen molar-refractivity contribution in [3.63, 3.8) is 0 Å². The van der Waals surface area contributed by atoms with Crippen LogP contribution in [0.1, 0.15) is 31.3 Å². The molecule has 1 N–H and O–H groups in total. The summed E-state index contributed by atoms with van der Waals surface area (Å²) in [5, 5.41) is 2.46. The van der Waals surface area contributed by atoms with E-state index in [2.05, 4.69) is 10.3 Å². The Morgan fingerprint density at radius 2 is 2.19 bits per heavy atom. The quantitative estimate of drug-likeness (QED) is 0.779. The van der Waals surface area contributed by atoms with E-state index in [0.29, 0.717) is 12.0 Å². The Labute approximate surface area is 93.8 Å². The number of carbonyl (C=O) groups excluding carboxylic acids is 2. The molecule has 1 aromatic heterocycles. The maximum absolute atomic E-state index is 11.4. The summed E-state index contributed by atoms with van der Waals surface area (Å²) >= 11 is 0. The summed E-state index contributed by atoms with van der Waals surface area (Å²) in [5.74, 6) is 0. The minimum atomic E-state index is -0.608. The molecular weight excluding hydrogens is 208 g/mol. The summed E-state index contributed by atoms with van der Waals surface area (Å²) in [7, 11) is 0. The highest BCUT2D eigenvalue weighted by atomic mass is 16.6. The molecule has 1 aromatic rings. The number of hydrogen-bond acceptors (Lipinski definition) is 4. The number of aldehydes is 1. The van der Waals surface area contributed by atoms with Crippen LogP contribution in [0.5, 0.6) is 0 Å². The Morgan fingerprint density at radius 3 is 2.75 bits per heavy atom. The molecule has 1 rings (SSSR count). The summed E-state index contributed by atoms with van der Waals surface area (Å²) in [5.41, 5.74) is -0.0618. The molecule has 0 unspecified atom stereocenters. The third kappa shape index (κ3) is 3.68. The molecule has 0 aromatic carbocycles. The van der Waals surface area contributed by atoms with E-state index in [1.54, 1.807) is 32.9 Å². The molecule has 1 heterocycles. The second kappa shape index (κ2) is 4.74. The van der Waals surface area contributed by atoms with Crippen LogP contribution < -0.4 is 5.32 Å². The van der Waals surface area contributed by atoms with Gasteiger partial charge in [0.05, 0.1) is 5.69 Å². The van der Waals surface area contributed by atoms with Crippen molar-refractivity contribution in [2.45, 2.75) is 26.4 Å². The molecular formula is C11H14N2O3. The average Bonchev–Trinajstić information content (AvgIpc) is 2.15. The fourth-order valence-corrected chi connectivity index (χ4v) is 1.03. The lowest BCUT2D eigenvalue weighted by atomic mass is 10.2. The number of aromatic nitrogens is 1. The second-order valence-electron chi connectivity index (χ2n) is 4.18. The normalized spacial score (nSPS) is 10.7. The van der Waals surface area contributed by atoms with Crippen molar-refractivity contribution in [3.05, 3.63) is 24.0 Å². The minimum Gasteiger partial charge on any atom is -0.444 e. The monoisotopic (exact) mass is 222 g/mol. The molecule has 0 radical (unpaired) electrons. The highest BCUT2D eigenvalue weighted by Gasteiger charge is 2.17. The van der Waals surface area contributed by atoms with Crippen molar-refractivity contribution < 1.29 is 14.3 Å². The zero-order valence-corrected chi connectivity index (χ0v) is 9.48. The van der Waals surface area contributed by atoms with Crippen molar-refractivity contribution in [1.29, 1.82) is 0 Å². The van der Waals surface area contributed by atoms with Gasteiger partial charge in [-0.25, -0.2) is 4.79 Å². The summed E-state index contributed by atoms with van der Waals surface area (Å²) < 4.78 is 5.05. The van der Waals surface area contributed by atoms with Crippen molar-refractivity contribution in [1.82, 2.24) is 4.98 Å². The van der Waals surface area contributed by atoms with Gasteiger partial charge in [0.1, 0.15) is 11.3 Å². The van der Waals surface area contributed by atoms with Gasteiger partial charge in [0.2, 0.25) is 0 Å². The number of hydrogen-bond donors (Lipinski definition) is 1. The molecule has 0 spiro atoms. The van der Waals surface area contributed by atoms with Gasteiger partial charge in [-0.1, -0.05) is 0 Å². The van der Waals surface area contributed by atoms with Gasteiger partial charge in [-0.2, -0.15) is 0 Å². The highest BCUT2D eigenvalue weighted by Crippen LogP contribution is 2.13. The maximum Gasteiger partial charge on any atom is 0.412 e. The average molecular weight is 222 g/mol. The summed E-state index contributed by atoms with van der Waals surface area (Å²) in [4.78, 5) is 25.9. The van der Waals surface area contributed by atoms with E-state index in [-0.39, 0.29) is 5.69 Å². The Kier molecular flexibility index (Phi) is 3.60. The van der Waals surface area contributed by atoms with Gasteiger partial charge in [-0.3, -0.25) is 15.1 Å². The van der Waals surface area contributed by atoms with Gasteiger partial charge in [-0.05, 0) is 32.9 Å². The van der Waals surface area contributed by atoms with Crippen LogP contribution in [0.25, 0.3) is 0 Å². The molecule has 1 amide bonds. The first-order valence-electron chi connectivity index (χ1n) is 4.82. The van der Waals surface area contributed by atoms with Crippen LogP contribution in [0, 0.1) is 0 Å². The lowest BCUT2D eigenvalue weighted by Gasteiger charge is -2.19. The number of pyridine rings is 1. The number of ether oxygens (including phenoxy) is 1. The number of rotatable bonds is 2. The van der Waals surface area contributed by atoms with Crippen molar-refractivity contribution in [3.8, 4) is 0 Å². The Bertz CT molecular complexity index is 396. The summed E-state index contributed by atoms with van der Waals surface area (Å²) in [6.45, 7) is 5.28. The van der Waals surface area contributed by atoms with Gasteiger partial charge >= 0.3 is 6.09 Å². The first kappa shape index (κ1) is 12.2.